The molecule has 1 aromatic rings. The molecule has 0 spiro atoms. The van der Waals surface area contributed by atoms with E-state index in [0.717, 1.165) is 12.1 Å². The van der Waals surface area contributed by atoms with Gasteiger partial charge in [0.1, 0.15) is 10.7 Å². The summed E-state index contributed by atoms with van der Waals surface area (Å²) in [6.07, 6.45) is 0. The molecule has 1 atom stereocenters. The van der Waals surface area contributed by atoms with Gasteiger partial charge in [0.15, 0.2) is 0 Å². The number of hydrogen-bond acceptors (Lipinski definition) is 3. The van der Waals surface area contributed by atoms with Crippen molar-refractivity contribution in [2.75, 3.05) is 12.3 Å². The molecule has 0 fully saturated rings. The molecule has 0 heterocycles. The van der Waals surface area contributed by atoms with Crippen molar-refractivity contribution in [3.8, 4) is 0 Å². The fraction of sp³-hybridized carbons (Fsp3) is 0.538. The van der Waals surface area contributed by atoms with Crippen molar-refractivity contribution in [2.24, 2.45) is 11.3 Å². The van der Waals surface area contributed by atoms with Crippen LogP contribution in [0.1, 0.15) is 27.7 Å². The maximum atomic E-state index is 13.1. The largest absolute Gasteiger partial charge is 0.398 e. The van der Waals surface area contributed by atoms with Crippen molar-refractivity contribution in [3.63, 3.8) is 0 Å². The van der Waals surface area contributed by atoms with Gasteiger partial charge in [-0.3, -0.25) is 0 Å². The molecule has 0 aliphatic rings. The summed E-state index contributed by atoms with van der Waals surface area (Å²) in [6.45, 7) is 8.33. The lowest BCUT2D eigenvalue weighted by Crippen LogP contribution is -2.34. The van der Waals surface area contributed by atoms with Gasteiger partial charge in [0.05, 0.1) is 5.69 Å². The fourth-order valence-electron chi connectivity index (χ4n) is 1.36. The van der Waals surface area contributed by atoms with Crippen molar-refractivity contribution in [3.05, 3.63) is 24.0 Å². The number of hydrogen-bond donors (Lipinski definition) is 2. The van der Waals surface area contributed by atoms with Gasteiger partial charge in [0.25, 0.3) is 0 Å². The highest BCUT2D eigenvalue weighted by atomic mass is 32.2. The Labute approximate surface area is 114 Å². The quantitative estimate of drug-likeness (QED) is 0.835. The molecule has 0 saturated carbocycles. The summed E-state index contributed by atoms with van der Waals surface area (Å²) in [4.78, 5) is -0.214. The van der Waals surface area contributed by atoms with Crippen LogP contribution in [0.3, 0.4) is 0 Å². The average Bonchev–Trinajstić information content (AvgIpc) is 2.28. The zero-order valence-electron chi connectivity index (χ0n) is 11.7. The molecule has 4 nitrogen and oxygen atoms in total. The number of rotatable bonds is 4. The summed E-state index contributed by atoms with van der Waals surface area (Å²) in [7, 11) is -3.78. The van der Waals surface area contributed by atoms with E-state index in [9.17, 15) is 12.8 Å². The molecular weight excluding hydrogens is 267 g/mol. The summed E-state index contributed by atoms with van der Waals surface area (Å²) in [5, 5.41) is 0. The molecule has 3 N–H and O–H groups in total. The van der Waals surface area contributed by atoms with Gasteiger partial charge in [-0.2, -0.15) is 0 Å². The summed E-state index contributed by atoms with van der Waals surface area (Å²) < 4.78 is 39.8. The Morgan fingerprint density at radius 3 is 2.47 bits per heavy atom. The monoisotopic (exact) mass is 288 g/mol. The first kappa shape index (κ1) is 15.9. The highest BCUT2D eigenvalue weighted by Crippen LogP contribution is 2.25. The Morgan fingerprint density at radius 1 is 1.37 bits per heavy atom. The average molecular weight is 288 g/mol. The Morgan fingerprint density at radius 2 is 1.95 bits per heavy atom. The van der Waals surface area contributed by atoms with Crippen LogP contribution in [0.25, 0.3) is 0 Å². The van der Waals surface area contributed by atoms with E-state index >= 15 is 0 Å². The number of halogens is 1. The molecule has 1 aromatic carbocycles. The van der Waals surface area contributed by atoms with Crippen molar-refractivity contribution in [2.45, 2.75) is 32.6 Å². The van der Waals surface area contributed by atoms with Crippen molar-refractivity contribution in [1.82, 2.24) is 4.72 Å². The van der Waals surface area contributed by atoms with Crippen LogP contribution in [0.5, 0.6) is 0 Å². The van der Waals surface area contributed by atoms with Gasteiger partial charge in [-0.1, -0.05) is 27.7 Å². The Hall–Kier alpha value is -1.14. The van der Waals surface area contributed by atoms with Crippen LogP contribution in [0.2, 0.25) is 0 Å². The summed E-state index contributed by atoms with van der Waals surface area (Å²) in [5.41, 5.74) is 5.60. The lowest BCUT2D eigenvalue weighted by molar-refractivity contribution is 0.263. The molecule has 108 valence electrons. The molecule has 0 radical (unpaired) electrons. The summed E-state index contributed by atoms with van der Waals surface area (Å²) in [6, 6.07) is 3.31. The molecule has 0 bridgehead atoms. The van der Waals surface area contributed by atoms with Gasteiger partial charge < -0.3 is 5.73 Å². The van der Waals surface area contributed by atoms with Gasteiger partial charge in [0, 0.05) is 6.54 Å². The van der Waals surface area contributed by atoms with E-state index in [0.29, 0.717) is 0 Å². The first-order chi connectivity index (χ1) is 8.54. The van der Waals surface area contributed by atoms with E-state index in [1.165, 1.54) is 6.07 Å². The predicted molar refractivity (Wildman–Crippen MR) is 74.6 cm³/mol. The van der Waals surface area contributed by atoms with Crippen LogP contribution in [0.15, 0.2) is 23.1 Å². The zero-order valence-corrected chi connectivity index (χ0v) is 12.5. The number of benzene rings is 1. The Balaban J connectivity index is 2.91. The third-order valence-corrected chi connectivity index (χ3v) is 4.80. The van der Waals surface area contributed by atoms with Crippen LogP contribution in [0, 0.1) is 17.2 Å². The number of nitrogen functional groups attached to an aromatic ring is 1. The van der Waals surface area contributed by atoms with Crippen LogP contribution < -0.4 is 10.5 Å². The van der Waals surface area contributed by atoms with Gasteiger partial charge in [-0.25, -0.2) is 17.5 Å². The smallest absolute Gasteiger partial charge is 0.242 e. The van der Waals surface area contributed by atoms with Crippen LogP contribution >= 0.6 is 0 Å². The molecule has 1 rings (SSSR count). The zero-order chi connectivity index (χ0) is 14.8. The minimum absolute atomic E-state index is 0.0179. The molecule has 0 aliphatic carbocycles. The Bertz CT molecular complexity index is 550. The summed E-state index contributed by atoms with van der Waals surface area (Å²) in [5.74, 6) is -0.490. The standard InChI is InChI=1S/C13H21FN2O2S/c1-9(13(2,3)4)8-16-19(17,18)12-7-10(14)5-6-11(12)15/h5-7,9,16H,8,15H2,1-4H3. The third kappa shape index (κ3) is 4.18. The van der Waals surface area contributed by atoms with E-state index in [1.54, 1.807) is 0 Å². The van der Waals surface area contributed by atoms with E-state index in [-0.39, 0.29) is 28.5 Å². The van der Waals surface area contributed by atoms with Crippen molar-refractivity contribution < 1.29 is 12.8 Å². The van der Waals surface area contributed by atoms with Gasteiger partial charge >= 0.3 is 0 Å². The topological polar surface area (TPSA) is 72.2 Å². The molecule has 0 saturated heterocycles. The molecule has 0 aliphatic heterocycles. The maximum absolute atomic E-state index is 13.1. The SMILES string of the molecule is CC(CNS(=O)(=O)c1cc(F)ccc1N)C(C)(C)C. The highest BCUT2D eigenvalue weighted by Gasteiger charge is 2.24. The van der Waals surface area contributed by atoms with Crippen molar-refractivity contribution >= 4 is 15.7 Å². The van der Waals surface area contributed by atoms with Gasteiger partial charge in [-0.15, -0.1) is 0 Å². The van der Waals surface area contributed by atoms with Gasteiger partial charge in [-0.05, 0) is 29.5 Å². The third-order valence-electron chi connectivity index (χ3n) is 3.32. The maximum Gasteiger partial charge on any atom is 0.242 e. The number of anilines is 1. The van der Waals surface area contributed by atoms with Crippen molar-refractivity contribution in [1.29, 1.82) is 0 Å². The second-order valence-corrected chi connectivity index (χ2v) is 7.54. The number of sulfonamides is 1. The van der Waals surface area contributed by atoms with E-state index in [2.05, 4.69) is 4.72 Å². The number of nitrogens with two attached hydrogens (primary N) is 1. The van der Waals surface area contributed by atoms with Crippen LogP contribution in [-0.4, -0.2) is 15.0 Å². The fourth-order valence-corrected chi connectivity index (χ4v) is 2.63. The minimum atomic E-state index is -3.78. The highest BCUT2D eigenvalue weighted by molar-refractivity contribution is 7.89. The molecule has 6 heteroatoms. The van der Waals surface area contributed by atoms with Crippen LogP contribution in [0.4, 0.5) is 10.1 Å². The first-order valence-corrected chi connectivity index (χ1v) is 7.57. The first-order valence-electron chi connectivity index (χ1n) is 6.09. The summed E-state index contributed by atoms with van der Waals surface area (Å²) >= 11 is 0. The minimum Gasteiger partial charge on any atom is -0.398 e. The predicted octanol–water partition coefficient (Wildman–Crippen LogP) is 2.37. The molecular formula is C13H21FN2O2S. The lowest BCUT2D eigenvalue weighted by Gasteiger charge is -2.27. The van der Waals surface area contributed by atoms with E-state index < -0.39 is 15.8 Å². The normalized spacial score (nSPS) is 14.4. The number of nitrogens with one attached hydrogen (secondary N) is 1. The molecule has 1 unspecified atom stereocenters. The second kappa shape index (κ2) is 5.46. The molecule has 0 amide bonds. The van der Waals surface area contributed by atoms with E-state index in [4.69, 9.17) is 5.73 Å². The molecule has 0 aromatic heterocycles. The Kier molecular flexibility index (Phi) is 4.58. The van der Waals surface area contributed by atoms with Gasteiger partial charge in [0.2, 0.25) is 10.0 Å². The molecule has 19 heavy (non-hydrogen) atoms. The van der Waals surface area contributed by atoms with Crippen LogP contribution in [-0.2, 0) is 10.0 Å². The van der Waals surface area contributed by atoms with E-state index in [1.807, 2.05) is 27.7 Å². The lowest BCUT2D eigenvalue weighted by atomic mass is 9.82. The second-order valence-electron chi connectivity index (χ2n) is 5.80.